The minimum absolute atomic E-state index is 0.285. The normalized spacial score (nSPS) is 9.86. The fraction of sp³-hybridized carbons (Fsp3) is 0.455. The lowest BCUT2D eigenvalue weighted by Gasteiger charge is -2.02. The maximum atomic E-state index is 11.1. The van der Waals surface area contributed by atoms with Crippen LogP contribution in [0.2, 0.25) is 0 Å². The van der Waals surface area contributed by atoms with Crippen molar-refractivity contribution in [3.05, 3.63) is 24.0 Å². The molecule has 0 radical (unpaired) electrons. The summed E-state index contributed by atoms with van der Waals surface area (Å²) in [5.41, 5.74) is 1.05. The summed E-state index contributed by atoms with van der Waals surface area (Å²) in [4.78, 5) is 15.1. The Bertz CT molecular complexity index is 310. The standard InChI is InChI=1S/C11H15NO2/c1-3-10(13)5-4-9-6-11(14-2)8-12-7-9/h6-8H,3-5H2,1-2H3. The zero-order chi connectivity index (χ0) is 10.4. The van der Waals surface area contributed by atoms with Crippen molar-refractivity contribution < 1.29 is 9.53 Å². The second kappa shape index (κ2) is 5.37. The number of carbonyl (C=O) groups is 1. The Balaban J connectivity index is 2.54. The molecular formula is C11H15NO2. The van der Waals surface area contributed by atoms with Gasteiger partial charge in [0.05, 0.1) is 13.3 Å². The van der Waals surface area contributed by atoms with Gasteiger partial charge in [0.15, 0.2) is 0 Å². The van der Waals surface area contributed by atoms with Gasteiger partial charge in [-0.2, -0.15) is 0 Å². The molecule has 0 aliphatic rings. The quantitative estimate of drug-likeness (QED) is 0.718. The van der Waals surface area contributed by atoms with Crippen LogP contribution in [0.5, 0.6) is 5.75 Å². The van der Waals surface area contributed by atoms with E-state index >= 15 is 0 Å². The Hall–Kier alpha value is -1.38. The van der Waals surface area contributed by atoms with Gasteiger partial charge in [0.2, 0.25) is 0 Å². The van der Waals surface area contributed by atoms with Crippen LogP contribution >= 0.6 is 0 Å². The average Bonchev–Trinajstić information content (AvgIpc) is 2.26. The van der Waals surface area contributed by atoms with Crippen molar-refractivity contribution in [2.75, 3.05) is 7.11 Å². The van der Waals surface area contributed by atoms with E-state index in [0.29, 0.717) is 12.8 Å². The van der Waals surface area contributed by atoms with Gasteiger partial charge in [-0.15, -0.1) is 0 Å². The molecule has 1 heterocycles. The number of pyridine rings is 1. The topological polar surface area (TPSA) is 39.2 Å². The number of rotatable bonds is 5. The largest absolute Gasteiger partial charge is 0.495 e. The Morgan fingerprint density at radius 3 is 2.93 bits per heavy atom. The average molecular weight is 193 g/mol. The van der Waals surface area contributed by atoms with Crippen LogP contribution in [-0.2, 0) is 11.2 Å². The minimum Gasteiger partial charge on any atom is -0.495 e. The van der Waals surface area contributed by atoms with E-state index in [1.54, 1.807) is 19.5 Å². The summed E-state index contributed by atoms with van der Waals surface area (Å²) in [5.74, 6) is 1.03. The Labute approximate surface area is 84.1 Å². The van der Waals surface area contributed by atoms with Gasteiger partial charge < -0.3 is 4.74 Å². The second-order valence-electron chi connectivity index (χ2n) is 3.13. The zero-order valence-corrected chi connectivity index (χ0v) is 8.62. The van der Waals surface area contributed by atoms with Crippen molar-refractivity contribution in [1.82, 2.24) is 4.98 Å². The number of Topliss-reactive ketones (excluding diaryl/α,β-unsaturated/α-hetero) is 1. The summed E-state index contributed by atoms with van der Waals surface area (Å²) in [6.07, 6.45) is 5.37. The highest BCUT2D eigenvalue weighted by Gasteiger charge is 2.01. The van der Waals surface area contributed by atoms with Crippen molar-refractivity contribution in [1.29, 1.82) is 0 Å². The molecule has 76 valence electrons. The summed E-state index contributed by atoms with van der Waals surface area (Å²) in [6, 6.07) is 1.91. The monoisotopic (exact) mass is 193 g/mol. The van der Waals surface area contributed by atoms with Gasteiger partial charge >= 0.3 is 0 Å². The highest BCUT2D eigenvalue weighted by molar-refractivity contribution is 5.78. The number of ketones is 1. The third-order valence-electron chi connectivity index (χ3n) is 2.09. The molecule has 0 bridgehead atoms. The van der Waals surface area contributed by atoms with Crippen LogP contribution in [-0.4, -0.2) is 17.9 Å². The molecule has 0 atom stereocenters. The molecule has 14 heavy (non-hydrogen) atoms. The van der Waals surface area contributed by atoms with Crippen molar-refractivity contribution in [2.24, 2.45) is 0 Å². The summed E-state index contributed by atoms with van der Waals surface area (Å²) in [7, 11) is 1.61. The zero-order valence-electron chi connectivity index (χ0n) is 8.62. The maximum absolute atomic E-state index is 11.1. The van der Waals surface area contributed by atoms with Crippen molar-refractivity contribution >= 4 is 5.78 Å². The molecule has 3 nitrogen and oxygen atoms in total. The first-order chi connectivity index (χ1) is 6.76. The molecule has 0 saturated heterocycles. The molecule has 3 heteroatoms. The van der Waals surface area contributed by atoms with Gasteiger partial charge in [-0.05, 0) is 18.1 Å². The van der Waals surface area contributed by atoms with Gasteiger partial charge in [0.25, 0.3) is 0 Å². The maximum Gasteiger partial charge on any atom is 0.137 e. The van der Waals surface area contributed by atoms with E-state index in [-0.39, 0.29) is 5.78 Å². The van der Waals surface area contributed by atoms with Crippen LogP contribution in [0.3, 0.4) is 0 Å². The SMILES string of the molecule is CCC(=O)CCc1cncc(OC)c1. The number of aromatic nitrogens is 1. The fourth-order valence-corrected chi connectivity index (χ4v) is 1.17. The number of aryl methyl sites for hydroxylation is 1. The molecule has 0 fully saturated rings. The van der Waals surface area contributed by atoms with Crippen LogP contribution in [0.1, 0.15) is 25.3 Å². The first kappa shape index (κ1) is 10.7. The van der Waals surface area contributed by atoms with E-state index < -0.39 is 0 Å². The number of hydrogen-bond acceptors (Lipinski definition) is 3. The number of hydrogen-bond donors (Lipinski definition) is 0. The number of methoxy groups -OCH3 is 1. The summed E-state index contributed by atoms with van der Waals surface area (Å²) < 4.78 is 5.04. The molecule has 0 aromatic carbocycles. The lowest BCUT2D eigenvalue weighted by atomic mass is 10.1. The van der Waals surface area contributed by atoms with Crippen LogP contribution in [0.4, 0.5) is 0 Å². The summed E-state index contributed by atoms with van der Waals surface area (Å²) in [6.45, 7) is 1.88. The van der Waals surface area contributed by atoms with Crippen molar-refractivity contribution in [3.63, 3.8) is 0 Å². The molecule has 1 aromatic rings. The van der Waals surface area contributed by atoms with Crippen molar-refractivity contribution in [3.8, 4) is 5.75 Å². The molecule has 0 aliphatic carbocycles. The Kier molecular flexibility index (Phi) is 4.11. The van der Waals surface area contributed by atoms with E-state index in [1.807, 2.05) is 13.0 Å². The van der Waals surface area contributed by atoms with Crippen LogP contribution in [0.15, 0.2) is 18.5 Å². The van der Waals surface area contributed by atoms with E-state index in [0.717, 1.165) is 17.7 Å². The lowest BCUT2D eigenvalue weighted by molar-refractivity contribution is -0.118. The highest BCUT2D eigenvalue weighted by atomic mass is 16.5. The number of carbonyl (C=O) groups excluding carboxylic acids is 1. The Morgan fingerprint density at radius 1 is 1.50 bits per heavy atom. The highest BCUT2D eigenvalue weighted by Crippen LogP contribution is 2.12. The molecule has 0 aliphatic heterocycles. The summed E-state index contributed by atoms with van der Waals surface area (Å²) >= 11 is 0. The first-order valence-electron chi connectivity index (χ1n) is 4.76. The smallest absolute Gasteiger partial charge is 0.137 e. The predicted molar refractivity (Wildman–Crippen MR) is 54.4 cm³/mol. The number of nitrogens with zero attached hydrogens (tertiary/aromatic N) is 1. The van der Waals surface area contributed by atoms with Gasteiger partial charge in [-0.1, -0.05) is 6.92 Å². The first-order valence-corrected chi connectivity index (χ1v) is 4.76. The minimum atomic E-state index is 0.285. The summed E-state index contributed by atoms with van der Waals surface area (Å²) in [5, 5.41) is 0. The van der Waals surface area contributed by atoms with Gasteiger partial charge in [-0.3, -0.25) is 9.78 Å². The fourth-order valence-electron chi connectivity index (χ4n) is 1.17. The third kappa shape index (κ3) is 3.17. The molecule has 0 amide bonds. The van der Waals surface area contributed by atoms with E-state index in [1.165, 1.54) is 0 Å². The van der Waals surface area contributed by atoms with Gasteiger partial charge in [0, 0.05) is 19.0 Å². The molecule has 0 N–H and O–H groups in total. The Morgan fingerprint density at radius 2 is 2.29 bits per heavy atom. The van der Waals surface area contributed by atoms with Gasteiger partial charge in [0.1, 0.15) is 11.5 Å². The van der Waals surface area contributed by atoms with Crippen LogP contribution < -0.4 is 4.74 Å². The van der Waals surface area contributed by atoms with E-state index in [2.05, 4.69) is 4.98 Å². The van der Waals surface area contributed by atoms with Crippen molar-refractivity contribution in [2.45, 2.75) is 26.2 Å². The third-order valence-corrected chi connectivity index (χ3v) is 2.09. The molecular weight excluding hydrogens is 178 g/mol. The van der Waals surface area contributed by atoms with Crippen LogP contribution in [0.25, 0.3) is 0 Å². The predicted octanol–water partition coefficient (Wildman–Crippen LogP) is 2.00. The number of ether oxygens (including phenoxy) is 1. The molecule has 0 spiro atoms. The molecule has 0 saturated carbocycles. The molecule has 1 rings (SSSR count). The molecule has 1 aromatic heterocycles. The van der Waals surface area contributed by atoms with E-state index in [9.17, 15) is 4.79 Å². The van der Waals surface area contributed by atoms with Crippen LogP contribution in [0, 0.1) is 0 Å². The van der Waals surface area contributed by atoms with Gasteiger partial charge in [-0.25, -0.2) is 0 Å². The van der Waals surface area contributed by atoms with E-state index in [4.69, 9.17) is 4.74 Å². The second-order valence-corrected chi connectivity index (χ2v) is 3.13. The lowest BCUT2D eigenvalue weighted by Crippen LogP contribution is -1.98. The molecule has 0 unspecified atom stereocenters.